The number of nitrogens with zero attached hydrogens (tertiary/aromatic N) is 1. The Morgan fingerprint density at radius 3 is 2.60 bits per heavy atom. The molecule has 0 saturated carbocycles. The van der Waals surface area contributed by atoms with Crippen LogP contribution in [-0.4, -0.2) is 17.6 Å². The predicted molar refractivity (Wildman–Crippen MR) is 77.6 cm³/mol. The number of carbonyl (C=O) groups excluding carboxylic acids is 1. The fourth-order valence-electron chi connectivity index (χ4n) is 1.84. The first kappa shape index (κ1) is 14.0. The zero-order chi connectivity index (χ0) is 14.5. The summed E-state index contributed by atoms with van der Waals surface area (Å²) in [4.78, 5) is 16.1. The number of ether oxygens (including phenoxy) is 1. The maximum atomic E-state index is 11.7. The average Bonchev–Trinajstić information content (AvgIpc) is 2.48. The lowest BCUT2D eigenvalue weighted by Gasteiger charge is -2.12. The molecule has 1 aromatic heterocycles. The number of hydrogen-bond acceptors (Lipinski definition) is 5. The third-order valence-corrected chi connectivity index (χ3v) is 2.85. The van der Waals surface area contributed by atoms with Crippen molar-refractivity contribution in [2.75, 3.05) is 12.3 Å². The minimum atomic E-state index is -0.905. The summed E-state index contributed by atoms with van der Waals surface area (Å²) in [5.41, 5.74) is 14.3. The molecule has 4 N–H and O–H groups in total. The molecule has 0 amide bonds. The first-order chi connectivity index (χ1) is 9.63. The second-order valence-electron chi connectivity index (χ2n) is 4.27. The van der Waals surface area contributed by atoms with Crippen LogP contribution in [0.2, 0.25) is 0 Å². The molecule has 104 valence electrons. The van der Waals surface area contributed by atoms with E-state index in [1.54, 1.807) is 19.1 Å². The summed E-state index contributed by atoms with van der Waals surface area (Å²) in [6.07, 6.45) is 0. The molecule has 0 aliphatic carbocycles. The largest absolute Gasteiger partial charge is 0.465 e. The van der Waals surface area contributed by atoms with Crippen LogP contribution in [0, 0.1) is 0 Å². The Kier molecular flexibility index (Phi) is 4.32. The Morgan fingerprint density at radius 1 is 1.25 bits per heavy atom. The number of pyridine rings is 1. The molecule has 0 fully saturated rings. The standard InChI is InChI=1S/C15H17N3O2/c1-2-20-15(19)13(17)12-9-8-11(16)14(18-12)10-6-4-3-5-7-10/h3-9,13H,2,16-17H2,1H3. The molecule has 0 spiro atoms. The number of hydrogen-bond donors (Lipinski definition) is 2. The van der Waals surface area contributed by atoms with E-state index in [0.29, 0.717) is 17.1 Å². The molecule has 1 aromatic carbocycles. The molecule has 1 heterocycles. The van der Waals surface area contributed by atoms with E-state index in [9.17, 15) is 4.79 Å². The van der Waals surface area contributed by atoms with Crippen molar-refractivity contribution >= 4 is 11.7 Å². The van der Waals surface area contributed by atoms with Crippen LogP contribution in [0.15, 0.2) is 42.5 Å². The fourth-order valence-corrected chi connectivity index (χ4v) is 1.84. The second-order valence-corrected chi connectivity index (χ2v) is 4.27. The summed E-state index contributed by atoms with van der Waals surface area (Å²) in [5.74, 6) is -0.496. The van der Waals surface area contributed by atoms with E-state index in [0.717, 1.165) is 5.56 Å². The van der Waals surface area contributed by atoms with Gasteiger partial charge in [-0.1, -0.05) is 30.3 Å². The summed E-state index contributed by atoms with van der Waals surface area (Å²) in [6, 6.07) is 11.9. The lowest BCUT2D eigenvalue weighted by Crippen LogP contribution is -2.25. The van der Waals surface area contributed by atoms with Gasteiger partial charge in [-0.15, -0.1) is 0 Å². The number of benzene rings is 1. The van der Waals surface area contributed by atoms with Gasteiger partial charge in [0.2, 0.25) is 0 Å². The van der Waals surface area contributed by atoms with Crippen molar-refractivity contribution in [2.45, 2.75) is 13.0 Å². The van der Waals surface area contributed by atoms with Gasteiger partial charge in [-0.25, -0.2) is 9.78 Å². The topological polar surface area (TPSA) is 91.2 Å². The van der Waals surface area contributed by atoms with Crippen LogP contribution < -0.4 is 11.5 Å². The first-order valence-corrected chi connectivity index (χ1v) is 6.37. The number of esters is 1. The van der Waals surface area contributed by atoms with Crippen LogP contribution in [-0.2, 0) is 9.53 Å². The summed E-state index contributed by atoms with van der Waals surface area (Å²) >= 11 is 0. The second kappa shape index (κ2) is 6.16. The Morgan fingerprint density at radius 2 is 1.95 bits per heavy atom. The molecular formula is C15H17N3O2. The van der Waals surface area contributed by atoms with Crippen molar-refractivity contribution in [3.8, 4) is 11.3 Å². The molecular weight excluding hydrogens is 254 g/mol. The van der Waals surface area contributed by atoms with Gasteiger partial charge in [0.15, 0.2) is 0 Å². The van der Waals surface area contributed by atoms with Crippen LogP contribution in [0.3, 0.4) is 0 Å². The molecule has 20 heavy (non-hydrogen) atoms. The van der Waals surface area contributed by atoms with Gasteiger partial charge in [0, 0.05) is 5.56 Å². The third-order valence-electron chi connectivity index (χ3n) is 2.85. The Labute approximate surface area is 117 Å². The molecule has 1 unspecified atom stereocenters. The molecule has 5 nitrogen and oxygen atoms in total. The van der Waals surface area contributed by atoms with Crippen LogP contribution in [0.5, 0.6) is 0 Å². The number of nitrogens with two attached hydrogens (primary N) is 2. The number of anilines is 1. The van der Waals surface area contributed by atoms with Gasteiger partial charge >= 0.3 is 5.97 Å². The summed E-state index contributed by atoms with van der Waals surface area (Å²) in [6.45, 7) is 2.02. The van der Waals surface area contributed by atoms with E-state index < -0.39 is 12.0 Å². The van der Waals surface area contributed by atoms with Gasteiger partial charge in [0.25, 0.3) is 0 Å². The minimum Gasteiger partial charge on any atom is -0.465 e. The van der Waals surface area contributed by atoms with E-state index in [4.69, 9.17) is 16.2 Å². The van der Waals surface area contributed by atoms with Gasteiger partial charge in [0.1, 0.15) is 6.04 Å². The highest BCUT2D eigenvalue weighted by Crippen LogP contribution is 2.25. The molecule has 0 aliphatic heterocycles. The molecule has 0 aliphatic rings. The molecule has 5 heteroatoms. The molecule has 2 rings (SSSR count). The molecule has 1 atom stereocenters. The molecule has 0 radical (unpaired) electrons. The van der Waals surface area contributed by atoms with Gasteiger partial charge in [-0.2, -0.15) is 0 Å². The lowest BCUT2D eigenvalue weighted by molar-refractivity contribution is -0.144. The summed E-state index contributed by atoms with van der Waals surface area (Å²) in [7, 11) is 0. The number of carbonyl (C=O) groups is 1. The maximum absolute atomic E-state index is 11.7. The molecule has 2 aromatic rings. The van der Waals surface area contributed by atoms with Crippen molar-refractivity contribution in [3.63, 3.8) is 0 Å². The highest BCUT2D eigenvalue weighted by Gasteiger charge is 2.19. The zero-order valence-corrected chi connectivity index (χ0v) is 11.2. The van der Waals surface area contributed by atoms with E-state index >= 15 is 0 Å². The SMILES string of the molecule is CCOC(=O)C(N)c1ccc(N)c(-c2ccccc2)n1. The maximum Gasteiger partial charge on any atom is 0.329 e. The lowest BCUT2D eigenvalue weighted by atomic mass is 10.1. The molecule has 0 saturated heterocycles. The van der Waals surface area contributed by atoms with E-state index in [-0.39, 0.29) is 6.61 Å². The smallest absolute Gasteiger partial charge is 0.329 e. The van der Waals surface area contributed by atoms with Crippen molar-refractivity contribution < 1.29 is 9.53 Å². The van der Waals surface area contributed by atoms with Crippen LogP contribution >= 0.6 is 0 Å². The minimum absolute atomic E-state index is 0.285. The van der Waals surface area contributed by atoms with Gasteiger partial charge in [-0.05, 0) is 19.1 Å². The van der Waals surface area contributed by atoms with Crippen LogP contribution in [0.1, 0.15) is 18.7 Å². The van der Waals surface area contributed by atoms with E-state index in [2.05, 4.69) is 4.98 Å². The fraction of sp³-hybridized carbons (Fsp3) is 0.200. The van der Waals surface area contributed by atoms with Crippen molar-refractivity contribution in [1.82, 2.24) is 4.98 Å². The predicted octanol–water partition coefficient (Wildman–Crippen LogP) is 1.89. The Bertz CT molecular complexity index is 599. The zero-order valence-electron chi connectivity index (χ0n) is 11.2. The number of aromatic nitrogens is 1. The highest BCUT2D eigenvalue weighted by molar-refractivity contribution is 5.78. The normalized spacial score (nSPS) is 11.9. The third kappa shape index (κ3) is 2.95. The highest BCUT2D eigenvalue weighted by atomic mass is 16.5. The average molecular weight is 271 g/mol. The van der Waals surface area contributed by atoms with E-state index in [1.165, 1.54) is 0 Å². The van der Waals surface area contributed by atoms with Crippen LogP contribution in [0.4, 0.5) is 5.69 Å². The summed E-state index contributed by atoms with van der Waals surface area (Å²) < 4.78 is 4.90. The van der Waals surface area contributed by atoms with Crippen molar-refractivity contribution in [1.29, 1.82) is 0 Å². The Balaban J connectivity index is 2.36. The number of rotatable bonds is 4. The van der Waals surface area contributed by atoms with Crippen molar-refractivity contribution in [3.05, 3.63) is 48.2 Å². The number of nitrogen functional groups attached to an aromatic ring is 1. The summed E-state index contributed by atoms with van der Waals surface area (Å²) in [5, 5.41) is 0. The molecule has 0 bridgehead atoms. The van der Waals surface area contributed by atoms with Crippen molar-refractivity contribution in [2.24, 2.45) is 5.73 Å². The Hall–Kier alpha value is -2.40. The van der Waals surface area contributed by atoms with Gasteiger partial charge < -0.3 is 16.2 Å². The van der Waals surface area contributed by atoms with Crippen LogP contribution in [0.25, 0.3) is 11.3 Å². The monoisotopic (exact) mass is 271 g/mol. The quantitative estimate of drug-likeness (QED) is 0.829. The van der Waals surface area contributed by atoms with E-state index in [1.807, 2.05) is 30.3 Å². The first-order valence-electron chi connectivity index (χ1n) is 6.37. The van der Waals surface area contributed by atoms with Gasteiger partial charge in [-0.3, -0.25) is 0 Å². The van der Waals surface area contributed by atoms with Gasteiger partial charge in [0.05, 0.1) is 23.7 Å².